The van der Waals surface area contributed by atoms with Crippen molar-refractivity contribution in [3.05, 3.63) is 57.8 Å². The van der Waals surface area contributed by atoms with E-state index in [1.807, 2.05) is 25.3 Å². The topological polar surface area (TPSA) is 95.5 Å². The van der Waals surface area contributed by atoms with E-state index in [2.05, 4.69) is 10.6 Å². The van der Waals surface area contributed by atoms with Crippen LogP contribution < -0.4 is 10.6 Å². The zero-order valence-electron chi connectivity index (χ0n) is 15.4. The van der Waals surface area contributed by atoms with E-state index in [1.54, 1.807) is 30.3 Å². The Balaban J connectivity index is 1.85. The first kappa shape index (κ1) is 20.6. The molecule has 1 unspecified atom stereocenters. The van der Waals surface area contributed by atoms with Crippen molar-refractivity contribution < 1.29 is 19.5 Å². The van der Waals surface area contributed by atoms with Gasteiger partial charge in [0, 0.05) is 18.7 Å². The molecule has 27 heavy (non-hydrogen) atoms. The van der Waals surface area contributed by atoms with Gasteiger partial charge in [-0.25, -0.2) is 0 Å². The van der Waals surface area contributed by atoms with E-state index in [4.69, 9.17) is 0 Å². The highest BCUT2D eigenvalue weighted by Crippen LogP contribution is 2.12. The highest BCUT2D eigenvalue weighted by molar-refractivity contribution is 7.12. The summed E-state index contributed by atoms with van der Waals surface area (Å²) in [7, 11) is 0. The molecule has 0 fully saturated rings. The predicted molar refractivity (Wildman–Crippen MR) is 105 cm³/mol. The second-order valence-corrected chi connectivity index (χ2v) is 7.68. The van der Waals surface area contributed by atoms with Crippen molar-refractivity contribution in [1.29, 1.82) is 0 Å². The Hall–Kier alpha value is -2.67. The molecule has 0 aliphatic rings. The summed E-state index contributed by atoms with van der Waals surface area (Å²) in [5.74, 6) is -1.69. The van der Waals surface area contributed by atoms with E-state index < -0.39 is 11.9 Å². The zero-order chi connectivity index (χ0) is 19.8. The summed E-state index contributed by atoms with van der Waals surface area (Å²) in [5.41, 5.74) is 1.33. The molecular weight excluding hydrogens is 364 g/mol. The highest BCUT2D eigenvalue weighted by atomic mass is 32.1. The Morgan fingerprint density at radius 1 is 1.04 bits per heavy atom. The molecule has 1 aromatic carbocycles. The molecule has 0 bridgehead atoms. The molecule has 6 nitrogen and oxygen atoms in total. The van der Waals surface area contributed by atoms with Crippen LogP contribution in [-0.4, -0.2) is 29.4 Å². The molecule has 2 rings (SSSR count). The second kappa shape index (κ2) is 9.87. The van der Waals surface area contributed by atoms with Crippen LogP contribution in [-0.2, 0) is 11.3 Å². The maximum atomic E-state index is 12.2. The van der Waals surface area contributed by atoms with E-state index in [0.29, 0.717) is 23.4 Å². The maximum Gasteiger partial charge on any atom is 0.308 e. The quantitative estimate of drug-likeness (QED) is 0.615. The lowest BCUT2D eigenvalue weighted by atomic mass is 9.97. The number of rotatable bonds is 9. The number of carbonyl (C=O) groups excluding carboxylic acids is 2. The minimum absolute atomic E-state index is 0.102. The summed E-state index contributed by atoms with van der Waals surface area (Å²) in [4.78, 5) is 36.0. The van der Waals surface area contributed by atoms with Crippen LogP contribution in [0.2, 0.25) is 0 Å². The number of carboxylic acids is 1. The molecule has 7 heteroatoms. The van der Waals surface area contributed by atoms with Crippen LogP contribution in [0, 0.1) is 11.8 Å². The van der Waals surface area contributed by atoms with E-state index in [0.717, 1.165) is 5.56 Å². The fraction of sp³-hybridized carbons (Fsp3) is 0.350. The number of nitrogens with one attached hydrogen (secondary N) is 2. The molecule has 0 aliphatic carbocycles. The summed E-state index contributed by atoms with van der Waals surface area (Å²) in [5, 5.41) is 16.6. The number of carbonyl (C=O) groups is 3. The Morgan fingerprint density at radius 2 is 1.74 bits per heavy atom. The third-order valence-corrected chi connectivity index (χ3v) is 4.90. The third-order valence-electron chi connectivity index (χ3n) is 4.03. The highest BCUT2D eigenvalue weighted by Gasteiger charge is 2.20. The standard InChI is InChI=1S/C20H24N2O4S/c1-13(2)10-16(20(25)26)12-22-18(23)15-7-5-14(6-8-15)11-21-19(24)17-4-3-9-27-17/h3-9,13,16H,10-12H2,1-2H3,(H,21,24)(H,22,23)(H,25,26). The van der Waals surface area contributed by atoms with Crippen LogP contribution in [0.1, 0.15) is 45.9 Å². The predicted octanol–water partition coefficient (Wildman–Crippen LogP) is 3.15. The lowest BCUT2D eigenvalue weighted by Gasteiger charge is -2.15. The minimum Gasteiger partial charge on any atom is -0.481 e. The van der Waals surface area contributed by atoms with E-state index in [-0.39, 0.29) is 24.3 Å². The van der Waals surface area contributed by atoms with Gasteiger partial charge in [0.05, 0.1) is 10.8 Å². The van der Waals surface area contributed by atoms with Crippen LogP contribution >= 0.6 is 11.3 Å². The van der Waals surface area contributed by atoms with Crippen molar-refractivity contribution in [2.24, 2.45) is 11.8 Å². The van der Waals surface area contributed by atoms with E-state index in [1.165, 1.54) is 11.3 Å². The van der Waals surface area contributed by atoms with Gasteiger partial charge in [0.1, 0.15) is 0 Å². The van der Waals surface area contributed by atoms with Crippen LogP contribution in [0.4, 0.5) is 0 Å². The number of aliphatic carboxylic acids is 1. The van der Waals surface area contributed by atoms with Gasteiger partial charge in [0.2, 0.25) is 0 Å². The summed E-state index contributed by atoms with van der Waals surface area (Å²) >= 11 is 1.38. The summed E-state index contributed by atoms with van der Waals surface area (Å²) in [6.45, 7) is 4.38. The number of hydrogen-bond acceptors (Lipinski definition) is 4. The molecular formula is C20H24N2O4S. The van der Waals surface area contributed by atoms with Gasteiger partial charge in [-0.05, 0) is 41.5 Å². The summed E-state index contributed by atoms with van der Waals surface area (Å²) in [6.07, 6.45) is 0.512. The molecule has 0 spiro atoms. The van der Waals surface area contributed by atoms with Gasteiger partial charge in [-0.15, -0.1) is 11.3 Å². The van der Waals surface area contributed by atoms with Crippen LogP contribution in [0.5, 0.6) is 0 Å². The fourth-order valence-corrected chi connectivity index (χ4v) is 3.25. The maximum absolute atomic E-state index is 12.2. The van der Waals surface area contributed by atoms with E-state index in [9.17, 15) is 19.5 Å². The molecule has 1 heterocycles. The molecule has 1 atom stereocenters. The Morgan fingerprint density at radius 3 is 2.30 bits per heavy atom. The molecule has 2 aromatic rings. The molecule has 144 valence electrons. The summed E-state index contributed by atoms with van der Waals surface area (Å²) < 4.78 is 0. The number of amides is 2. The first-order chi connectivity index (χ1) is 12.9. The number of carboxylic acid groups (broad SMARTS) is 1. The smallest absolute Gasteiger partial charge is 0.308 e. The van der Waals surface area contributed by atoms with Crippen LogP contribution in [0.25, 0.3) is 0 Å². The van der Waals surface area contributed by atoms with Gasteiger partial charge in [-0.1, -0.05) is 32.0 Å². The third kappa shape index (κ3) is 6.53. The van der Waals surface area contributed by atoms with Crippen molar-refractivity contribution in [3.63, 3.8) is 0 Å². The second-order valence-electron chi connectivity index (χ2n) is 6.73. The molecule has 0 aliphatic heterocycles. The molecule has 1 aromatic heterocycles. The van der Waals surface area contributed by atoms with Gasteiger partial charge in [0.25, 0.3) is 11.8 Å². The lowest BCUT2D eigenvalue weighted by molar-refractivity contribution is -0.142. The molecule has 0 radical (unpaired) electrons. The van der Waals surface area contributed by atoms with Crippen molar-refractivity contribution in [2.45, 2.75) is 26.8 Å². The van der Waals surface area contributed by atoms with Crippen molar-refractivity contribution in [3.8, 4) is 0 Å². The largest absolute Gasteiger partial charge is 0.481 e. The molecule has 2 amide bonds. The van der Waals surface area contributed by atoms with Gasteiger partial charge >= 0.3 is 5.97 Å². The lowest BCUT2D eigenvalue weighted by Crippen LogP contribution is -2.33. The van der Waals surface area contributed by atoms with Gasteiger partial charge < -0.3 is 15.7 Å². The normalized spacial score (nSPS) is 11.8. The SMILES string of the molecule is CC(C)CC(CNC(=O)c1ccc(CNC(=O)c2cccs2)cc1)C(=O)O. The molecule has 3 N–H and O–H groups in total. The van der Waals surface area contributed by atoms with E-state index >= 15 is 0 Å². The number of thiophene rings is 1. The van der Waals surface area contributed by atoms with Crippen molar-refractivity contribution in [2.75, 3.05) is 6.54 Å². The number of benzene rings is 1. The Kier molecular flexibility index (Phi) is 7.55. The first-order valence-corrected chi connectivity index (χ1v) is 9.66. The van der Waals surface area contributed by atoms with Crippen LogP contribution in [0.15, 0.2) is 41.8 Å². The van der Waals surface area contributed by atoms with Gasteiger partial charge in [-0.3, -0.25) is 14.4 Å². The molecule has 0 saturated heterocycles. The van der Waals surface area contributed by atoms with Gasteiger partial charge in [0.15, 0.2) is 0 Å². The summed E-state index contributed by atoms with van der Waals surface area (Å²) in [6, 6.07) is 10.5. The average Bonchev–Trinajstić information content (AvgIpc) is 3.17. The Bertz CT molecular complexity index is 770. The van der Waals surface area contributed by atoms with Crippen molar-refractivity contribution >= 4 is 29.1 Å². The minimum atomic E-state index is -0.902. The fourth-order valence-electron chi connectivity index (χ4n) is 2.61. The average molecular weight is 388 g/mol. The monoisotopic (exact) mass is 388 g/mol. The van der Waals surface area contributed by atoms with Gasteiger partial charge in [-0.2, -0.15) is 0 Å². The Labute approximate surface area is 162 Å². The number of hydrogen-bond donors (Lipinski definition) is 3. The van der Waals surface area contributed by atoms with Crippen molar-refractivity contribution in [1.82, 2.24) is 10.6 Å². The van der Waals surface area contributed by atoms with Crippen LogP contribution in [0.3, 0.4) is 0 Å². The zero-order valence-corrected chi connectivity index (χ0v) is 16.2. The first-order valence-electron chi connectivity index (χ1n) is 8.78. The molecule has 0 saturated carbocycles.